The molecule has 2 rings (SSSR count). The number of nitrogens with zero attached hydrogens (tertiary/aromatic N) is 2. The molecule has 5 heteroatoms. The van der Waals surface area contributed by atoms with Crippen LogP contribution in [0.2, 0.25) is 5.02 Å². The number of methoxy groups -OCH3 is 1. The molecular weight excluding hydrogens is 238 g/mol. The molecule has 0 bridgehead atoms. The van der Waals surface area contributed by atoms with Gasteiger partial charge in [0.25, 0.3) is 0 Å². The minimum absolute atomic E-state index is 0.0926. The van der Waals surface area contributed by atoms with Gasteiger partial charge in [0.2, 0.25) is 0 Å². The highest BCUT2D eigenvalue weighted by atomic mass is 35.5. The van der Waals surface area contributed by atoms with Crippen LogP contribution in [0.1, 0.15) is 37.4 Å². The second kappa shape index (κ2) is 4.96. The summed E-state index contributed by atoms with van der Waals surface area (Å²) in [6.45, 7) is 0. The van der Waals surface area contributed by atoms with E-state index in [0.717, 1.165) is 18.5 Å². The van der Waals surface area contributed by atoms with Crippen LogP contribution in [0.4, 0.5) is 0 Å². The van der Waals surface area contributed by atoms with Gasteiger partial charge in [-0.1, -0.05) is 24.4 Å². The van der Waals surface area contributed by atoms with Crippen molar-refractivity contribution in [2.75, 3.05) is 14.2 Å². The number of aryl methyl sites for hydroxylation is 1. The van der Waals surface area contributed by atoms with Gasteiger partial charge in [0, 0.05) is 14.2 Å². The van der Waals surface area contributed by atoms with E-state index < -0.39 is 0 Å². The molecule has 0 amide bonds. The zero-order chi connectivity index (χ0) is 12.5. The predicted molar refractivity (Wildman–Crippen MR) is 68.2 cm³/mol. The lowest BCUT2D eigenvalue weighted by molar-refractivity contribution is -0.0368. The van der Waals surface area contributed by atoms with E-state index in [1.165, 1.54) is 12.8 Å². The van der Waals surface area contributed by atoms with E-state index in [1.54, 1.807) is 13.3 Å². The van der Waals surface area contributed by atoms with Gasteiger partial charge in [-0.2, -0.15) is 5.10 Å². The first-order chi connectivity index (χ1) is 8.14. The summed E-state index contributed by atoms with van der Waals surface area (Å²) >= 11 is 6.24. The molecule has 1 unspecified atom stereocenters. The first kappa shape index (κ1) is 12.9. The minimum Gasteiger partial charge on any atom is -0.376 e. The topological polar surface area (TPSA) is 39.1 Å². The van der Waals surface area contributed by atoms with E-state index in [2.05, 4.69) is 10.4 Å². The maximum absolute atomic E-state index is 6.24. The summed E-state index contributed by atoms with van der Waals surface area (Å²) in [4.78, 5) is 0. The van der Waals surface area contributed by atoms with Crippen LogP contribution in [0.3, 0.4) is 0 Å². The van der Waals surface area contributed by atoms with Crippen molar-refractivity contribution in [1.29, 1.82) is 0 Å². The summed E-state index contributed by atoms with van der Waals surface area (Å²) < 4.78 is 7.66. The summed E-state index contributed by atoms with van der Waals surface area (Å²) in [7, 11) is 5.66. The van der Waals surface area contributed by atoms with Crippen LogP contribution in [0.15, 0.2) is 6.20 Å². The number of likely N-dealkylation sites (N-methyl/N-ethyl adjacent to an activating group) is 1. The molecule has 0 spiro atoms. The smallest absolute Gasteiger partial charge is 0.0888 e. The normalized spacial score (nSPS) is 20.7. The molecular formula is C12H20ClN3O. The van der Waals surface area contributed by atoms with Crippen molar-refractivity contribution in [3.05, 3.63) is 16.9 Å². The number of aromatic nitrogens is 2. The van der Waals surface area contributed by atoms with Crippen LogP contribution in [0, 0.1) is 0 Å². The summed E-state index contributed by atoms with van der Waals surface area (Å²) in [6.07, 6.45) is 6.25. The zero-order valence-electron chi connectivity index (χ0n) is 10.7. The summed E-state index contributed by atoms with van der Waals surface area (Å²) in [5.74, 6) is 0. The SMILES string of the molecule is CNC(c1c(Cl)cnn1C)C1(OC)CCCC1. The molecule has 1 saturated carbocycles. The molecule has 0 aliphatic heterocycles. The van der Waals surface area contributed by atoms with Gasteiger partial charge < -0.3 is 10.1 Å². The van der Waals surface area contributed by atoms with E-state index in [4.69, 9.17) is 16.3 Å². The highest BCUT2D eigenvalue weighted by molar-refractivity contribution is 6.31. The fraction of sp³-hybridized carbons (Fsp3) is 0.750. The average molecular weight is 258 g/mol. The largest absolute Gasteiger partial charge is 0.376 e. The minimum atomic E-state index is -0.147. The first-order valence-electron chi connectivity index (χ1n) is 6.04. The lowest BCUT2D eigenvalue weighted by atomic mass is 9.89. The molecule has 1 aliphatic carbocycles. The predicted octanol–water partition coefficient (Wildman–Crippen LogP) is 2.29. The summed E-state index contributed by atoms with van der Waals surface area (Å²) in [5.41, 5.74) is 0.865. The third kappa shape index (κ3) is 2.09. The first-order valence-corrected chi connectivity index (χ1v) is 6.42. The van der Waals surface area contributed by atoms with E-state index >= 15 is 0 Å². The van der Waals surface area contributed by atoms with E-state index in [0.29, 0.717) is 5.02 Å². The van der Waals surface area contributed by atoms with Crippen molar-refractivity contribution in [2.24, 2.45) is 7.05 Å². The van der Waals surface area contributed by atoms with E-state index in [9.17, 15) is 0 Å². The molecule has 96 valence electrons. The quantitative estimate of drug-likeness (QED) is 0.900. The lowest BCUT2D eigenvalue weighted by Crippen LogP contribution is -2.43. The Morgan fingerprint density at radius 2 is 2.18 bits per heavy atom. The molecule has 0 radical (unpaired) electrons. The van der Waals surface area contributed by atoms with Crippen molar-refractivity contribution in [3.63, 3.8) is 0 Å². The highest BCUT2D eigenvalue weighted by Crippen LogP contribution is 2.43. The number of rotatable bonds is 4. The maximum atomic E-state index is 6.24. The van der Waals surface area contributed by atoms with Gasteiger partial charge in [0.15, 0.2) is 0 Å². The van der Waals surface area contributed by atoms with Crippen molar-refractivity contribution < 1.29 is 4.74 Å². The molecule has 1 fully saturated rings. The Kier molecular flexibility index (Phi) is 3.76. The second-order valence-corrected chi connectivity index (χ2v) is 5.11. The third-order valence-electron chi connectivity index (χ3n) is 3.88. The Morgan fingerprint density at radius 1 is 1.53 bits per heavy atom. The van der Waals surface area contributed by atoms with Gasteiger partial charge in [-0.05, 0) is 19.9 Å². The lowest BCUT2D eigenvalue weighted by Gasteiger charge is -2.36. The monoisotopic (exact) mass is 257 g/mol. The molecule has 1 aromatic heterocycles. The number of nitrogens with one attached hydrogen (secondary N) is 1. The fourth-order valence-corrected chi connectivity index (χ4v) is 3.25. The van der Waals surface area contributed by atoms with Crippen molar-refractivity contribution in [1.82, 2.24) is 15.1 Å². The van der Waals surface area contributed by atoms with Crippen LogP contribution in [0.5, 0.6) is 0 Å². The molecule has 17 heavy (non-hydrogen) atoms. The fourth-order valence-electron chi connectivity index (χ4n) is 2.98. The van der Waals surface area contributed by atoms with Crippen LogP contribution >= 0.6 is 11.6 Å². The Hall–Kier alpha value is -0.580. The van der Waals surface area contributed by atoms with Gasteiger partial charge in [-0.15, -0.1) is 0 Å². The Bertz CT molecular complexity index is 366. The maximum Gasteiger partial charge on any atom is 0.0888 e. The number of hydrogen-bond acceptors (Lipinski definition) is 3. The molecule has 4 nitrogen and oxygen atoms in total. The standard InChI is InChI=1S/C12H20ClN3O/c1-14-11(10-9(13)8-15-16(10)2)12(17-3)6-4-5-7-12/h8,11,14H,4-7H2,1-3H3. The number of halogens is 1. The molecule has 1 atom stereocenters. The number of hydrogen-bond donors (Lipinski definition) is 1. The van der Waals surface area contributed by atoms with Crippen molar-refractivity contribution in [2.45, 2.75) is 37.3 Å². The van der Waals surface area contributed by atoms with Gasteiger partial charge in [0.1, 0.15) is 0 Å². The van der Waals surface area contributed by atoms with Crippen LogP contribution < -0.4 is 5.32 Å². The van der Waals surface area contributed by atoms with Gasteiger partial charge in [-0.3, -0.25) is 4.68 Å². The molecule has 0 aromatic carbocycles. The van der Waals surface area contributed by atoms with Crippen molar-refractivity contribution in [3.8, 4) is 0 Å². The average Bonchev–Trinajstić information content (AvgIpc) is 2.92. The van der Waals surface area contributed by atoms with Gasteiger partial charge in [0.05, 0.1) is 28.6 Å². The Morgan fingerprint density at radius 3 is 2.59 bits per heavy atom. The van der Waals surface area contributed by atoms with Crippen LogP contribution in [0.25, 0.3) is 0 Å². The third-order valence-corrected chi connectivity index (χ3v) is 4.17. The van der Waals surface area contributed by atoms with E-state index in [1.807, 2.05) is 18.8 Å². The van der Waals surface area contributed by atoms with E-state index in [-0.39, 0.29) is 11.6 Å². The number of ether oxygens (including phenoxy) is 1. The van der Waals surface area contributed by atoms with Crippen LogP contribution in [-0.2, 0) is 11.8 Å². The van der Waals surface area contributed by atoms with Gasteiger partial charge >= 0.3 is 0 Å². The molecule has 1 N–H and O–H groups in total. The van der Waals surface area contributed by atoms with Crippen molar-refractivity contribution >= 4 is 11.6 Å². The molecule has 1 heterocycles. The molecule has 0 saturated heterocycles. The highest BCUT2D eigenvalue weighted by Gasteiger charge is 2.43. The summed E-state index contributed by atoms with van der Waals surface area (Å²) in [6, 6.07) is 0.0926. The zero-order valence-corrected chi connectivity index (χ0v) is 11.4. The Balaban J connectivity index is 2.39. The Labute approximate surface area is 107 Å². The molecule has 1 aliphatic rings. The summed E-state index contributed by atoms with van der Waals surface area (Å²) in [5, 5.41) is 8.26. The van der Waals surface area contributed by atoms with Gasteiger partial charge in [-0.25, -0.2) is 0 Å². The second-order valence-electron chi connectivity index (χ2n) is 4.70. The molecule has 1 aromatic rings. The van der Waals surface area contributed by atoms with Crippen LogP contribution in [-0.4, -0.2) is 29.5 Å².